The van der Waals surface area contributed by atoms with E-state index in [1.807, 2.05) is 0 Å². The lowest BCUT2D eigenvalue weighted by atomic mass is 9.94. The minimum absolute atomic E-state index is 0.000833. The van der Waals surface area contributed by atoms with Gasteiger partial charge in [-0.15, -0.1) is 0 Å². The Morgan fingerprint density at radius 3 is 2.52 bits per heavy atom. The zero-order chi connectivity index (χ0) is 15.4. The van der Waals surface area contributed by atoms with E-state index in [0.717, 1.165) is 38.8 Å². The van der Waals surface area contributed by atoms with E-state index in [2.05, 4.69) is 31.1 Å². The summed E-state index contributed by atoms with van der Waals surface area (Å²) in [4.78, 5) is 28.4. The summed E-state index contributed by atoms with van der Waals surface area (Å²) in [6.45, 7) is 5.93. The molecule has 1 aliphatic heterocycles. The number of imide groups is 1. The molecule has 0 bridgehead atoms. The number of hydrogen-bond donors (Lipinski definition) is 1. The number of nitrogens with one attached hydrogen (secondary N) is 1. The third kappa shape index (κ3) is 4.04. The molecule has 1 atom stereocenters. The normalized spacial score (nSPS) is 24.6. The fraction of sp³-hybridized carbons (Fsp3) is 0.875. The molecular weight excluding hydrogens is 266 g/mol. The molecule has 5 nitrogen and oxygen atoms in total. The van der Waals surface area contributed by atoms with Crippen molar-refractivity contribution in [3.05, 3.63) is 0 Å². The number of carbonyl (C=O) groups excluding carboxylic acids is 2. The maximum absolute atomic E-state index is 12.5. The number of likely N-dealkylation sites (N-methyl/N-ethyl adjacent to an activating group) is 1. The number of amides is 2. The van der Waals surface area contributed by atoms with Gasteiger partial charge in [-0.1, -0.05) is 19.3 Å². The minimum atomic E-state index is -0.306. The summed E-state index contributed by atoms with van der Waals surface area (Å²) in [6.07, 6.45) is 5.81. The van der Waals surface area contributed by atoms with Crippen LogP contribution in [0.25, 0.3) is 0 Å². The zero-order valence-corrected chi connectivity index (χ0v) is 13.6. The van der Waals surface area contributed by atoms with Gasteiger partial charge in [0.05, 0.1) is 12.5 Å². The van der Waals surface area contributed by atoms with E-state index in [1.54, 1.807) is 4.90 Å². The Labute approximate surface area is 128 Å². The lowest BCUT2D eigenvalue weighted by molar-refractivity contribution is -0.142. The average molecular weight is 295 g/mol. The average Bonchev–Trinajstić information content (AvgIpc) is 2.74. The first kappa shape index (κ1) is 16.4. The van der Waals surface area contributed by atoms with Gasteiger partial charge in [0.25, 0.3) is 0 Å². The van der Waals surface area contributed by atoms with Gasteiger partial charge in [-0.05, 0) is 33.7 Å². The summed E-state index contributed by atoms with van der Waals surface area (Å²) in [5.41, 5.74) is 0. The van der Waals surface area contributed by atoms with Crippen molar-refractivity contribution in [3.63, 3.8) is 0 Å². The van der Waals surface area contributed by atoms with E-state index < -0.39 is 0 Å². The molecule has 0 radical (unpaired) electrons. The molecule has 5 heteroatoms. The molecule has 2 aliphatic rings. The van der Waals surface area contributed by atoms with Crippen LogP contribution in [-0.2, 0) is 9.59 Å². The first-order chi connectivity index (χ1) is 10.0. The summed E-state index contributed by atoms with van der Waals surface area (Å²) in [6, 6.07) is 0.343. The highest BCUT2D eigenvalue weighted by atomic mass is 16.2. The maximum atomic E-state index is 12.5. The van der Waals surface area contributed by atoms with Crippen molar-refractivity contribution in [1.29, 1.82) is 0 Å². The van der Waals surface area contributed by atoms with Crippen LogP contribution < -0.4 is 5.32 Å². The van der Waals surface area contributed by atoms with Crippen molar-refractivity contribution in [1.82, 2.24) is 15.1 Å². The molecule has 1 heterocycles. The monoisotopic (exact) mass is 295 g/mol. The Morgan fingerprint density at radius 2 is 1.90 bits per heavy atom. The van der Waals surface area contributed by atoms with Gasteiger partial charge in [-0.25, -0.2) is 0 Å². The molecule has 0 aromatic carbocycles. The predicted octanol–water partition coefficient (Wildman–Crippen LogP) is 1.38. The van der Waals surface area contributed by atoms with Gasteiger partial charge in [0, 0.05) is 25.2 Å². The fourth-order valence-electron chi connectivity index (χ4n) is 3.21. The van der Waals surface area contributed by atoms with E-state index >= 15 is 0 Å². The van der Waals surface area contributed by atoms with Crippen LogP contribution in [0.5, 0.6) is 0 Å². The summed E-state index contributed by atoms with van der Waals surface area (Å²) in [5, 5.41) is 3.26. The number of carbonyl (C=O) groups is 2. The molecular formula is C16H29N3O2. The first-order valence-corrected chi connectivity index (χ1v) is 8.30. The second-order valence-corrected chi connectivity index (χ2v) is 6.68. The van der Waals surface area contributed by atoms with E-state index in [1.165, 1.54) is 6.42 Å². The van der Waals surface area contributed by atoms with Crippen LogP contribution in [-0.4, -0.2) is 59.9 Å². The number of likely N-dealkylation sites (tertiary alicyclic amines) is 1. The highest BCUT2D eigenvalue weighted by Gasteiger charge is 2.42. The topological polar surface area (TPSA) is 52.7 Å². The molecule has 0 spiro atoms. The highest BCUT2D eigenvalue weighted by Crippen LogP contribution is 2.27. The van der Waals surface area contributed by atoms with Crippen molar-refractivity contribution in [2.24, 2.45) is 0 Å². The molecule has 120 valence electrons. The van der Waals surface area contributed by atoms with E-state index in [0.29, 0.717) is 12.5 Å². The van der Waals surface area contributed by atoms with E-state index in [4.69, 9.17) is 0 Å². The van der Waals surface area contributed by atoms with Crippen LogP contribution in [0, 0.1) is 0 Å². The van der Waals surface area contributed by atoms with Gasteiger partial charge in [-0.3, -0.25) is 14.5 Å². The Balaban J connectivity index is 1.83. The van der Waals surface area contributed by atoms with Gasteiger partial charge < -0.3 is 10.2 Å². The smallest absolute Gasteiger partial charge is 0.247 e. The fourth-order valence-corrected chi connectivity index (χ4v) is 3.21. The van der Waals surface area contributed by atoms with Crippen molar-refractivity contribution in [2.45, 2.75) is 70.5 Å². The summed E-state index contributed by atoms with van der Waals surface area (Å²) < 4.78 is 0. The standard InChI is InChI=1S/C16H29N3O2/c1-12(2)18(3)10-9-17-14-11-15(20)19(16(14)21)13-7-5-4-6-8-13/h12-14,17H,4-11H2,1-3H3. The van der Waals surface area contributed by atoms with Crippen LogP contribution in [0.15, 0.2) is 0 Å². The Kier molecular flexibility index (Phi) is 5.76. The summed E-state index contributed by atoms with van der Waals surface area (Å²) >= 11 is 0. The SMILES string of the molecule is CC(C)N(C)CCNC1CC(=O)N(C2CCCCC2)C1=O. The maximum Gasteiger partial charge on any atom is 0.247 e. The second-order valence-electron chi connectivity index (χ2n) is 6.68. The van der Waals surface area contributed by atoms with E-state index in [9.17, 15) is 9.59 Å². The Morgan fingerprint density at radius 1 is 1.24 bits per heavy atom. The number of nitrogens with zero attached hydrogens (tertiary/aromatic N) is 2. The quantitative estimate of drug-likeness (QED) is 0.752. The van der Waals surface area contributed by atoms with Crippen molar-refractivity contribution < 1.29 is 9.59 Å². The molecule has 1 saturated carbocycles. The number of hydrogen-bond acceptors (Lipinski definition) is 4. The lowest BCUT2D eigenvalue weighted by Crippen LogP contribution is -2.46. The molecule has 1 saturated heterocycles. The van der Waals surface area contributed by atoms with Crippen LogP contribution in [0.1, 0.15) is 52.4 Å². The predicted molar refractivity (Wildman–Crippen MR) is 82.9 cm³/mol. The Bertz CT molecular complexity index is 378. The van der Waals surface area contributed by atoms with Crippen LogP contribution in [0.4, 0.5) is 0 Å². The van der Waals surface area contributed by atoms with Gasteiger partial charge in [0.15, 0.2) is 0 Å². The second kappa shape index (κ2) is 7.36. The molecule has 1 N–H and O–H groups in total. The van der Waals surface area contributed by atoms with Crippen molar-refractivity contribution >= 4 is 11.8 Å². The first-order valence-electron chi connectivity index (χ1n) is 8.30. The molecule has 1 aliphatic carbocycles. The third-order valence-corrected chi connectivity index (χ3v) is 4.86. The van der Waals surface area contributed by atoms with E-state index in [-0.39, 0.29) is 23.9 Å². The number of rotatable bonds is 6. The van der Waals surface area contributed by atoms with Gasteiger partial charge in [0.1, 0.15) is 0 Å². The third-order valence-electron chi connectivity index (χ3n) is 4.86. The van der Waals surface area contributed by atoms with Crippen LogP contribution in [0.2, 0.25) is 0 Å². The molecule has 2 fully saturated rings. The molecule has 0 aromatic heterocycles. The molecule has 2 rings (SSSR count). The molecule has 0 aromatic rings. The van der Waals surface area contributed by atoms with Crippen LogP contribution >= 0.6 is 0 Å². The van der Waals surface area contributed by atoms with Crippen molar-refractivity contribution in [2.75, 3.05) is 20.1 Å². The highest BCUT2D eigenvalue weighted by molar-refractivity contribution is 6.05. The molecule has 1 unspecified atom stereocenters. The summed E-state index contributed by atoms with van der Waals surface area (Å²) in [5.74, 6) is 0.0146. The van der Waals surface area contributed by atoms with Gasteiger partial charge in [-0.2, -0.15) is 0 Å². The van der Waals surface area contributed by atoms with Gasteiger partial charge >= 0.3 is 0 Å². The zero-order valence-electron chi connectivity index (χ0n) is 13.6. The van der Waals surface area contributed by atoms with Crippen molar-refractivity contribution in [3.8, 4) is 0 Å². The minimum Gasteiger partial charge on any atom is -0.304 e. The summed E-state index contributed by atoms with van der Waals surface area (Å²) in [7, 11) is 2.07. The lowest BCUT2D eigenvalue weighted by Gasteiger charge is -2.29. The Hall–Kier alpha value is -0.940. The molecule has 2 amide bonds. The molecule has 21 heavy (non-hydrogen) atoms. The van der Waals surface area contributed by atoms with Gasteiger partial charge in [0.2, 0.25) is 11.8 Å². The van der Waals surface area contributed by atoms with Crippen LogP contribution in [0.3, 0.4) is 0 Å². The largest absolute Gasteiger partial charge is 0.304 e.